The largest absolute Gasteiger partial charge is 0.328 e. The van der Waals surface area contributed by atoms with E-state index >= 15 is 0 Å². The Morgan fingerprint density at radius 1 is 1.57 bits per heavy atom. The van der Waals surface area contributed by atoms with E-state index < -0.39 is 10.8 Å². The summed E-state index contributed by atoms with van der Waals surface area (Å²) in [4.78, 5) is 1.32. The normalized spacial score (nSPS) is 15.3. The van der Waals surface area contributed by atoms with Crippen molar-refractivity contribution in [2.24, 2.45) is 5.73 Å². The van der Waals surface area contributed by atoms with Crippen LogP contribution in [0.5, 0.6) is 0 Å². The molecular formula is C10H17NOS2. The van der Waals surface area contributed by atoms with E-state index in [2.05, 4.69) is 11.4 Å². The van der Waals surface area contributed by atoms with E-state index in [-0.39, 0.29) is 6.04 Å². The molecule has 1 aromatic heterocycles. The Balaban J connectivity index is 2.15. The third-order valence-corrected chi connectivity index (χ3v) is 4.24. The zero-order valence-electron chi connectivity index (χ0n) is 8.44. The van der Waals surface area contributed by atoms with Crippen LogP contribution in [0.3, 0.4) is 0 Å². The maximum atomic E-state index is 11.5. The van der Waals surface area contributed by atoms with Crippen LogP contribution in [0.1, 0.15) is 18.2 Å². The number of thiophene rings is 1. The second-order valence-corrected chi connectivity index (χ2v) is 6.17. The molecule has 0 aromatic carbocycles. The molecule has 0 aliphatic heterocycles. The van der Waals surface area contributed by atoms with Crippen LogP contribution in [0, 0.1) is 0 Å². The predicted molar refractivity (Wildman–Crippen MR) is 64.2 cm³/mol. The summed E-state index contributed by atoms with van der Waals surface area (Å²) in [6, 6.07) is 4.29. The molecule has 0 bridgehead atoms. The Morgan fingerprint density at radius 3 is 2.93 bits per heavy atom. The van der Waals surface area contributed by atoms with Crippen molar-refractivity contribution in [3.8, 4) is 0 Å². The van der Waals surface area contributed by atoms with E-state index in [1.165, 1.54) is 4.88 Å². The Labute approximate surface area is 92.0 Å². The molecule has 0 saturated heterocycles. The highest BCUT2D eigenvalue weighted by molar-refractivity contribution is 7.84. The van der Waals surface area contributed by atoms with Gasteiger partial charge in [0.2, 0.25) is 0 Å². The Hall–Kier alpha value is -0.190. The van der Waals surface area contributed by atoms with E-state index in [0.717, 1.165) is 24.3 Å². The maximum absolute atomic E-state index is 11.5. The molecule has 2 nitrogen and oxygen atoms in total. The van der Waals surface area contributed by atoms with Gasteiger partial charge in [-0.25, -0.2) is 0 Å². The molecule has 0 radical (unpaired) electrons. The first-order valence-corrected chi connectivity index (χ1v) is 7.18. The van der Waals surface area contributed by atoms with Gasteiger partial charge in [0, 0.05) is 33.2 Å². The zero-order chi connectivity index (χ0) is 10.4. The van der Waals surface area contributed by atoms with Crippen LogP contribution in [0.2, 0.25) is 0 Å². The fourth-order valence-electron chi connectivity index (χ4n) is 1.09. The van der Waals surface area contributed by atoms with Gasteiger partial charge in [-0.2, -0.15) is 0 Å². The molecule has 1 aromatic rings. The average molecular weight is 231 g/mol. The van der Waals surface area contributed by atoms with Crippen LogP contribution in [-0.2, 0) is 17.2 Å². The van der Waals surface area contributed by atoms with Gasteiger partial charge in [0.1, 0.15) is 0 Å². The van der Waals surface area contributed by atoms with E-state index in [4.69, 9.17) is 5.73 Å². The maximum Gasteiger partial charge on any atom is 0.0283 e. The zero-order valence-corrected chi connectivity index (χ0v) is 10.1. The molecule has 2 unspecified atom stereocenters. The van der Waals surface area contributed by atoms with Crippen molar-refractivity contribution in [1.29, 1.82) is 0 Å². The highest BCUT2D eigenvalue weighted by Gasteiger charge is 2.03. The molecule has 1 rings (SSSR count). The topological polar surface area (TPSA) is 43.1 Å². The molecule has 0 amide bonds. The molecular weight excluding hydrogens is 214 g/mol. The summed E-state index contributed by atoms with van der Waals surface area (Å²) in [5.74, 6) is 1.51. The SMILES string of the molecule is CC(N)CCS(=O)CCc1cccs1. The molecule has 14 heavy (non-hydrogen) atoms. The Bertz CT molecular complexity index is 270. The summed E-state index contributed by atoms with van der Waals surface area (Å²) in [7, 11) is -0.699. The van der Waals surface area contributed by atoms with Crippen LogP contribution in [0.4, 0.5) is 0 Å². The Morgan fingerprint density at radius 2 is 2.36 bits per heavy atom. The third-order valence-electron chi connectivity index (χ3n) is 1.96. The molecule has 4 heteroatoms. The van der Waals surface area contributed by atoms with Crippen molar-refractivity contribution >= 4 is 22.1 Å². The minimum absolute atomic E-state index is 0.167. The first-order chi connectivity index (χ1) is 6.68. The van der Waals surface area contributed by atoms with E-state index in [1.807, 2.05) is 13.0 Å². The van der Waals surface area contributed by atoms with Crippen LogP contribution in [0.15, 0.2) is 17.5 Å². The lowest BCUT2D eigenvalue weighted by Crippen LogP contribution is -2.18. The third kappa shape index (κ3) is 4.88. The van der Waals surface area contributed by atoms with Crippen molar-refractivity contribution < 1.29 is 4.21 Å². The van der Waals surface area contributed by atoms with Crippen molar-refractivity contribution in [3.05, 3.63) is 22.4 Å². The standard InChI is InChI=1S/C10H17NOS2/c1-9(11)4-7-14(12)8-5-10-3-2-6-13-10/h2-3,6,9H,4-5,7-8,11H2,1H3. The summed E-state index contributed by atoms with van der Waals surface area (Å²) in [5, 5.41) is 2.06. The number of hydrogen-bond acceptors (Lipinski definition) is 3. The van der Waals surface area contributed by atoms with Gasteiger partial charge in [0.15, 0.2) is 0 Å². The lowest BCUT2D eigenvalue weighted by molar-refractivity contribution is 0.667. The molecule has 80 valence electrons. The van der Waals surface area contributed by atoms with E-state index in [1.54, 1.807) is 11.3 Å². The smallest absolute Gasteiger partial charge is 0.0283 e. The number of aryl methyl sites for hydroxylation is 1. The van der Waals surface area contributed by atoms with Crippen molar-refractivity contribution in [2.75, 3.05) is 11.5 Å². The highest BCUT2D eigenvalue weighted by Crippen LogP contribution is 2.09. The van der Waals surface area contributed by atoms with E-state index in [9.17, 15) is 4.21 Å². The van der Waals surface area contributed by atoms with Crippen molar-refractivity contribution in [2.45, 2.75) is 25.8 Å². The fraction of sp³-hybridized carbons (Fsp3) is 0.600. The first kappa shape index (κ1) is 11.9. The monoisotopic (exact) mass is 231 g/mol. The first-order valence-electron chi connectivity index (χ1n) is 4.81. The van der Waals surface area contributed by atoms with Gasteiger partial charge in [0.05, 0.1) is 0 Å². The Kier molecular flexibility index (Phi) is 5.37. The summed E-state index contributed by atoms with van der Waals surface area (Å²) in [6.07, 6.45) is 1.79. The number of hydrogen-bond donors (Lipinski definition) is 1. The second-order valence-electron chi connectivity index (χ2n) is 3.44. The summed E-state index contributed by atoms with van der Waals surface area (Å²) < 4.78 is 11.5. The fourth-order valence-corrected chi connectivity index (χ4v) is 3.21. The molecule has 0 spiro atoms. The van der Waals surface area contributed by atoms with Gasteiger partial charge in [-0.1, -0.05) is 6.07 Å². The number of rotatable bonds is 6. The summed E-state index contributed by atoms with van der Waals surface area (Å²) >= 11 is 1.73. The second kappa shape index (κ2) is 6.32. The molecule has 2 atom stereocenters. The van der Waals surface area contributed by atoms with Crippen LogP contribution in [-0.4, -0.2) is 21.8 Å². The molecule has 0 aliphatic carbocycles. The summed E-state index contributed by atoms with van der Waals surface area (Å²) in [6.45, 7) is 1.95. The minimum atomic E-state index is -0.699. The van der Waals surface area contributed by atoms with Gasteiger partial charge in [0.25, 0.3) is 0 Å². The molecule has 0 fully saturated rings. The number of nitrogens with two attached hydrogens (primary N) is 1. The van der Waals surface area contributed by atoms with Crippen molar-refractivity contribution in [1.82, 2.24) is 0 Å². The molecule has 0 saturated carbocycles. The van der Waals surface area contributed by atoms with Gasteiger partial charge in [-0.05, 0) is 31.2 Å². The van der Waals surface area contributed by atoms with Gasteiger partial charge in [-0.3, -0.25) is 4.21 Å². The lowest BCUT2D eigenvalue weighted by Gasteiger charge is -2.04. The van der Waals surface area contributed by atoms with Gasteiger partial charge in [-0.15, -0.1) is 11.3 Å². The van der Waals surface area contributed by atoms with Crippen LogP contribution >= 0.6 is 11.3 Å². The average Bonchev–Trinajstić information content (AvgIpc) is 2.63. The van der Waals surface area contributed by atoms with Gasteiger partial charge < -0.3 is 5.73 Å². The predicted octanol–water partition coefficient (Wildman–Crippen LogP) is 1.78. The molecule has 2 N–H and O–H groups in total. The van der Waals surface area contributed by atoms with E-state index in [0.29, 0.717) is 0 Å². The molecule has 0 aliphatic rings. The molecule has 1 heterocycles. The van der Waals surface area contributed by atoms with Crippen molar-refractivity contribution in [3.63, 3.8) is 0 Å². The summed E-state index contributed by atoms with van der Waals surface area (Å²) in [5.41, 5.74) is 5.60. The highest BCUT2D eigenvalue weighted by atomic mass is 32.2. The lowest BCUT2D eigenvalue weighted by atomic mass is 10.3. The van der Waals surface area contributed by atoms with Crippen LogP contribution < -0.4 is 5.73 Å². The quantitative estimate of drug-likeness (QED) is 0.811. The minimum Gasteiger partial charge on any atom is -0.328 e. The van der Waals surface area contributed by atoms with Gasteiger partial charge >= 0.3 is 0 Å². The van der Waals surface area contributed by atoms with Crippen LogP contribution in [0.25, 0.3) is 0 Å².